The third-order valence-corrected chi connectivity index (χ3v) is 3.30. The largest absolute Gasteiger partial charge is 0.388 e. The van der Waals surface area contributed by atoms with Crippen LogP contribution in [0.15, 0.2) is 35.3 Å². The van der Waals surface area contributed by atoms with Crippen LogP contribution in [-0.4, -0.2) is 5.11 Å². The highest BCUT2D eigenvalue weighted by molar-refractivity contribution is 9.10. The maximum absolute atomic E-state index is 9.80. The molecule has 1 aromatic rings. The van der Waals surface area contributed by atoms with Crippen molar-refractivity contribution in [3.63, 3.8) is 0 Å². The van der Waals surface area contributed by atoms with Crippen LogP contribution in [0.2, 0.25) is 5.02 Å². The Morgan fingerprint density at radius 1 is 1.57 bits per heavy atom. The van der Waals surface area contributed by atoms with E-state index in [0.717, 1.165) is 16.5 Å². The molecule has 1 nitrogen and oxygen atoms in total. The number of hydrogen-bond acceptors (Lipinski definition) is 1. The fraction of sp³-hybridized carbons (Fsp3) is 0.273. The van der Waals surface area contributed by atoms with E-state index in [9.17, 15) is 5.11 Å². The zero-order valence-electron chi connectivity index (χ0n) is 7.71. The Morgan fingerprint density at radius 2 is 2.29 bits per heavy atom. The molecule has 0 saturated carbocycles. The van der Waals surface area contributed by atoms with E-state index in [1.54, 1.807) is 6.08 Å². The molecule has 0 spiro atoms. The molecule has 0 radical (unpaired) electrons. The van der Waals surface area contributed by atoms with Crippen LogP contribution < -0.4 is 0 Å². The number of aliphatic hydroxyl groups is 1. The summed E-state index contributed by atoms with van der Waals surface area (Å²) in [6.45, 7) is 3.61. The molecule has 1 atom stereocenters. The quantitative estimate of drug-likeness (QED) is 0.820. The van der Waals surface area contributed by atoms with Gasteiger partial charge in [-0.1, -0.05) is 29.8 Å². The Bertz CT molecular complexity index is 325. The molecule has 14 heavy (non-hydrogen) atoms. The second-order valence-electron chi connectivity index (χ2n) is 3.02. The van der Waals surface area contributed by atoms with E-state index in [2.05, 4.69) is 22.5 Å². The zero-order chi connectivity index (χ0) is 10.6. The van der Waals surface area contributed by atoms with Crippen molar-refractivity contribution in [2.75, 3.05) is 0 Å². The summed E-state index contributed by atoms with van der Waals surface area (Å²) in [6, 6.07) is 5.55. The summed E-state index contributed by atoms with van der Waals surface area (Å²) in [5.74, 6) is 0. The van der Waals surface area contributed by atoms with Crippen molar-refractivity contribution >= 4 is 27.5 Å². The van der Waals surface area contributed by atoms with Crippen molar-refractivity contribution in [3.05, 3.63) is 45.9 Å². The van der Waals surface area contributed by atoms with E-state index >= 15 is 0 Å². The van der Waals surface area contributed by atoms with Gasteiger partial charge in [0.05, 0.1) is 11.1 Å². The summed E-state index contributed by atoms with van der Waals surface area (Å²) in [5, 5.41) is 10.4. The maximum atomic E-state index is 9.80. The van der Waals surface area contributed by atoms with Crippen molar-refractivity contribution < 1.29 is 5.11 Å². The highest BCUT2D eigenvalue weighted by Crippen LogP contribution is 2.31. The molecule has 3 heteroatoms. The van der Waals surface area contributed by atoms with Gasteiger partial charge in [0.15, 0.2) is 0 Å². The average molecular weight is 276 g/mol. The fourth-order valence-electron chi connectivity index (χ4n) is 1.21. The highest BCUT2D eigenvalue weighted by Gasteiger charge is 2.11. The molecule has 76 valence electrons. The molecule has 0 aliphatic carbocycles. The number of hydrogen-bond donors (Lipinski definition) is 1. The lowest BCUT2D eigenvalue weighted by atomic mass is 10.1. The predicted octanol–water partition coefficient (Wildman–Crippen LogP) is 4.10. The van der Waals surface area contributed by atoms with Crippen LogP contribution in [-0.2, 0) is 0 Å². The van der Waals surface area contributed by atoms with Crippen molar-refractivity contribution in [1.29, 1.82) is 0 Å². The molecule has 0 heterocycles. The van der Waals surface area contributed by atoms with Crippen LogP contribution in [0, 0.1) is 0 Å². The first kappa shape index (κ1) is 11.8. The van der Waals surface area contributed by atoms with Crippen LogP contribution >= 0.6 is 27.5 Å². The second kappa shape index (κ2) is 5.54. The molecule has 0 bridgehead atoms. The molecule has 1 unspecified atom stereocenters. The Balaban J connectivity index is 2.83. The van der Waals surface area contributed by atoms with Gasteiger partial charge < -0.3 is 5.11 Å². The number of aliphatic hydroxyl groups excluding tert-OH is 1. The van der Waals surface area contributed by atoms with Crippen LogP contribution in [0.4, 0.5) is 0 Å². The van der Waals surface area contributed by atoms with Crippen molar-refractivity contribution in [2.24, 2.45) is 0 Å². The third kappa shape index (κ3) is 2.84. The van der Waals surface area contributed by atoms with Crippen molar-refractivity contribution in [1.82, 2.24) is 0 Å². The Labute approximate surface area is 97.5 Å². The predicted molar refractivity (Wildman–Crippen MR) is 63.5 cm³/mol. The molecule has 0 amide bonds. The standard InChI is InChI=1S/C11H12BrClO/c1-2-3-7-10(14)8-5-4-6-9(12)11(8)13/h2,4-6,10,14H,1,3,7H2. The second-order valence-corrected chi connectivity index (χ2v) is 4.26. The van der Waals surface area contributed by atoms with Crippen LogP contribution in [0.25, 0.3) is 0 Å². The number of allylic oxidation sites excluding steroid dienone is 1. The summed E-state index contributed by atoms with van der Waals surface area (Å²) in [6.07, 6.45) is 2.71. The smallest absolute Gasteiger partial charge is 0.0807 e. The highest BCUT2D eigenvalue weighted by atomic mass is 79.9. The summed E-state index contributed by atoms with van der Waals surface area (Å²) >= 11 is 9.35. The van der Waals surface area contributed by atoms with E-state index in [0.29, 0.717) is 11.4 Å². The fourth-order valence-corrected chi connectivity index (χ4v) is 1.84. The number of benzene rings is 1. The molecule has 0 aliphatic rings. The summed E-state index contributed by atoms with van der Waals surface area (Å²) in [4.78, 5) is 0. The minimum Gasteiger partial charge on any atom is -0.388 e. The molecule has 0 saturated heterocycles. The van der Waals surface area contributed by atoms with Gasteiger partial charge in [-0.3, -0.25) is 0 Å². The minimum atomic E-state index is -0.516. The molecular formula is C11H12BrClO. The molecule has 1 rings (SSSR count). The molecular weight excluding hydrogens is 263 g/mol. The lowest BCUT2D eigenvalue weighted by Gasteiger charge is -2.12. The van der Waals surface area contributed by atoms with E-state index < -0.39 is 6.10 Å². The Morgan fingerprint density at radius 3 is 2.93 bits per heavy atom. The molecule has 0 aromatic heterocycles. The van der Waals surface area contributed by atoms with E-state index in [1.807, 2.05) is 18.2 Å². The van der Waals surface area contributed by atoms with Crippen LogP contribution in [0.1, 0.15) is 24.5 Å². The van der Waals surface area contributed by atoms with Crippen LogP contribution in [0.5, 0.6) is 0 Å². The van der Waals surface area contributed by atoms with Gasteiger partial charge in [-0.25, -0.2) is 0 Å². The lowest BCUT2D eigenvalue weighted by Crippen LogP contribution is -1.97. The van der Waals surface area contributed by atoms with Gasteiger partial charge in [0.1, 0.15) is 0 Å². The monoisotopic (exact) mass is 274 g/mol. The molecule has 1 N–H and O–H groups in total. The van der Waals surface area contributed by atoms with Gasteiger partial charge in [0.25, 0.3) is 0 Å². The van der Waals surface area contributed by atoms with Gasteiger partial charge in [-0.15, -0.1) is 6.58 Å². The molecule has 0 fully saturated rings. The molecule has 1 aromatic carbocycles. The van der Waals surface area contributed by atoms with E-state index in [1.165, 1.54) is 0 Å². The Hall–Kier alpha value is -0.310. The SMILES string of the molecule is C=CCCC(O)c1cccc(Br)c1Cl. The topological polar surface area (TPSA) is 20.2 Å². The van der Waals surface area contributed by atoms with Gasteiger partial charge >= 0.3 is 0 Å². The molecule has 0 aliphatic heterocycles. The van der Waals surface area contributed by atoms with Gasteiger partial charge in [0.2, 0.25) is 0 Å². The third-order valence-electron chi connectivity index (χ3n) is 1.98. The van der Waals surface area contributed by atoms with Crippen molar-refractivity contribution in [3.8, 4) is 0 Å². The number of halogens is 2. The Kier molecular flexibility index (Phi) is 4.66. The van der Waals surface area contributed by atoms with Crippen LogP contribution in [0.3, 0.4) is 0 Å². The van der Waals surface area contributed by atoms with Gasteiger partial charge in [0, 0.05) is 10.0 Å². The first-order valence-electron chi connectivity index (χ1n) is 4.39. The summed E-state index contributed by atoms with van der Waals surface area (Å²) in [5.41, 5.74) is 0.767. The van der Waals surface area contributed by atoms with Gasteiger partial charge in [-0.05, 0) is 34.8 Å². The summed E-state index contributed by atoms with van der Waals surface area (Å²) in [7, 11) is 0. The minimum absolute atomic E-state index is 0.516. The first-order chi connectivity index (χ1) is 6.66. The van der Waals surface area contributed by atoms with E-state index in [4.69, 9.17) is 11.6 Å². The lowest BCUT2D eigenvalue weighted by molar-refractivity contribution is 0.169. The van der Waals surface area contributed by atoms with Gasteiger partial charge in [-0.2, -0.15) is 0 Å². The summed E-state index contributed by atoms with van der Waals surface area (Å²) < 4.78 is 0.814. The number of rotatable bonds is 4. The maximum Gasteiger partial charge on any atom is 0.0807 e. The van der Waals surface area contributed by atoms with E-state index in [-0.39, 0.29) is 0 Å². The normalized spacial score (nSPS) is 12.5. The zero-order valence-corrected chi connectivity index (χ0v) is 10.1. The van der Waals surface area contributed by atoms with Crippen molar-refractivity contribution in [2.45, 2.75) is 18.9 Å². The average Bonchev–Trinajstić information content (AvgIpc) is 2.18. The first-order valence-corrected chi connectivity index (χ1v) is 5.56.